The molecule has 2 rings (SSSR count). The number of benzene rings is 2. The number of aromatic hydroxyl groups is 1. The van der Waals surface area contributed by atoms with E-state index in [2.05, 4.69) is 5.32 Å². The summed E-state index contributed by atoms with van der Waals surface area (Å²) in [4.78, 5) is 10.5. The highest BCUT2D eigenvalue weighted by molar-refractivity contribution is 5.55. The van der Waals surface area contributed by atoms with E-state index < -0.39 is 0 Å². The molecule has 0 spiro atoms. The molecule has 5 nitrogen and oxygen atoms in total. The topological polar surface area (TPSA) is 75.4 Å². The Morgan fingerprint density at radius 3 is 2.29 bits per heavy atom. The van der Waals surface area contributed by atoms with E-state index in [1.54, 1.807) is 13.0 Å². The molecule has 0 heterocycles. The van der Waals surface area contributed by atoms with Crippen LogP contribution in [-0.4, -0.2) is 10.0 Å². The summed E-state index contributed by atoms with van der Waals surface area (Å²) in [7, 11) is 0. The van der Waals surface area contributed by atoms with Gasteiger partial charge >= 0.3 is 0 Å². The Balaban J connectivity index is 2.17. The Morgan fingerprint density at radius 2 is 1.71 bits per heavy atom. The Bertz CT molecular complexity index is 673. The molecule has 0 aliphatic rings. The van der Waals surface area contributed by atoms with Crippen molar-refractivity contribution in [2.45, 2.75) is 27.3 Å². The summed E-state index contributed by atoms with van der Waals surface area (Å²) in [6.45, 7) is 5.96. The highest BCUT2D eigenvalue weighted by Crippen LogP contribution is 2.25. The summed E-state index contributed by atoms with van der Waals surface area (Å²) in [5.41, 5.74) is 4.12. The molecule has 0 fully saturated rings. The fourth-order valence-electron chi connectivity index (χ4n) is 2.27. The number of anilines is 1. The summed E-state index contributed by atoms with van der Waals surface area (Å²) >= 11 is 0. The van der Waals surface area contributed by atoms with Crippen molar-refractivity contribution in [3.63, 3.8) is 0 Å². The summed E-state index contributed by atoms with van der Waals surface area (Å²) in [6, 6.07) is 8.89. The van der Waals surface area contributed by atoms with Crippen molar-refractivity contribution < 1.29 is 10.0 Å². The summed E-state index contributed by atoms with van der Waals surface area (Å²) in [5, 5.41) is 23.8. The van der Waals surface area contributed by atoms with Gasteiger partial charge in [0.1, 0.15) is 5.75 Å². The third-order valence-corrected chi connectivity index (χ3v) is 3.45. The minimum absolute atomic E-state index is 0.109. The van der Waals surface area contributed by atoms with Crippen LogP contribution < -0.4 is 5.32 Å². The van der Waals surface area contributed by atoms with Gasteiger partial charge in [-0.2, -0.15) is 0 Å². The molecular weight excluding hydrogens is 268 g/mol. The van der Waals surface area contributed by atoms with Gasteiger partial charge in [-0.3, -0.25) is 10.1 Å². The normalized spacial score (nSPS) is 10.4. The van der Waals surface area contributed by atoms with Gasteiger partial charge in [0.25, 0.3) is 5.69 Å². The lowest BCUT2D eigenvalue weighted by atomic mass is 10.1. The SMILES string of the molecule is Cc1ccc(NCc2cc(C)c(O)c(C)c2)cc1[N+](=O)[O-]. The predicted octanol–water partition coefficient (Wildman–Crippen LogP) is 3.84. The quantitative estimate of drug-likeness (QED) is 0.661. The van der Waals surface area contributed by atoms with Crippen molar-refractivity contribution in [2.24, 2.45) is 0 Å². The molecule has 2 aromatic carbocycles. The lowest BCUT2D eigenvalue weighted by Gasteiger charge is -2.10. The van der Waals surface area contributed by atoms with E-state index in [4.69, 9.17) is 0 Å². The molecule has 0 aliphatic heterocycles. The van der Waals surface area contributed by atoms with Crippen molar-refractivity contribution >= 4 is 11.4 Å². The molecule has 110 valence electrons. The van der Waals surface area contributed by atoms with Gasteiger partial charge in [0, 0.05) is 23.9 Å². The Labute approximate surface area is 123 Å². The third kappa shape index (κ3) is 3.31. The van der Waals surface area contributed by atoms with Crippen LogP contribution in [0, 0.1) is 30.9 Å². The van der Waals surface area contributed by atoms with Gasteiger partial charge in [-0.25, -0.2) is 0 Å². The first-order valence-corrected chi connectivity index (χ1v) is 6.66. The number of hydrogen-bond donors (Lipinski definition) is 2. The van der Waals surface area contributed by atoms with Crippen LogP contribution in [0.15, 0.2) is 30.3 Å². The number of nitro groups is 1. The maximum Gasteiger partial charge on any atom is 0.274 e. The van der Waals surface area contributed by atoms with Gasteiger partial charge < -0.3 is 10.4 Å². The molecule has 0 unspecified atom stereocenters. The van der Waals surface area contributed by atoms with Crippen LogP contribution in [0.4, 0.5) is 11.4 Å². The maximum absolute atomic E-state index is 10.9. The molecule has 21 heavy (non-hydrogen) atoms. The molecule has 2 N–H and O–H groups in total. The largest absolute Gasteiger partial charge is 0.507 e. The first-order chi connectivity index (χ1) is 9.88. The van der Waals surface area contributed by atoms with Crippen LogP contribution in [0.1, 0.15) is 22.3 Å². The monoisotopic (exact) mass is 286 g/mol. The number of aryl methyl sites for hydroxylation is 3. The number of hydrogen-bond acceptors (Lipinski definition) is 4. The highest BCUT2D eigenvalue weighted by atomic mass is 16.6. The Morgan fingerprint density at radius 1 is 1.10 bits per heavy atom. The lowest BCUT2D eigenvalue weighted by molar-refractivity contribution is -0.385. The second kappa shape index (κ2) is 5.83. The zero-order valence-corrected chi connectivity index (χ0v) is 12.3. The predicted molar refractivity (Wildman–Crippen MR) is 82.7 cm³/mol. The standard InChI is InChI=1S/C16H18N2O3/c1-10-4-5-14(8-15(10)18(20)21)17-9-13-6-11(2)16(19)12(3)7-13/h4-8,17,19H,9H2,1-3H3. The lowest BCUT2D eigenvalue weighted by Crippen LogP contribution is -2.01. The van der Waals surface area contributed by atoms with Crippen molar-refractivity contribution in [1.29, 1.82) is 0 Å². The Kier molecular flexibility index (Phi) is 4.12. The smallest absolute Gasteiger partial charge is 0.274 e. The zero-order valence-electron chi connectivity index (χ0n) is 12.3. The maximum atomic E-state index is 10.9. The van der Waals surface area contributed by atoms with Gasteiger partial charge in [0.15, 0.2) is 0 Å². The van der Waals surface area contributed by atoms with E-state index in [-0.39, 0.29) is 10.6 Å². The molecule has 2 aromatic rings. The molecule has 0 radical (unpaired) electrons. The minimum atomic E-state index is -0.380. The molecular formula is C16H18N2O3. The van der Waals surface area contributed by atoms with Gasteiger partial charge in [-0.15, -0.1) is 0 Å². The zero-order chi connectivity index (χ0) is 15.6. The van der Waals surface area contributed by atoms with Crippen molar-refractivity contribution in [1.82, 2.24) is 0 Å². The van der Waals surface area contributed by atoms with Crippen molar-refractivity contribution in [3.8, 4) is 5.75 Å². The summed E-state index contributed by atoms with van der Waals surface area (Å²) in [5.74, 6) is 0.310. The minimum Gasteiger partial charge on any atom is -0.507 e. The van der Waals surface area contributed by atoms with Crippen LogP contribution in [0.5, 0.6) is 5.75 Å². The number of phenols is 1. The van der Waals surface area contributed by atoms with Crippen LogP contribution in [0.3, 0.4) is 0 Å². The Hall–Kier alpha value is -2.56. The number of nitrogens with one attached hydrogen (secondary N) is 1. The molecule has 0 saturated heterocycles. The molecule has 0 saturated carbocycles. The van der Waals surface area contributed by atoms with E-state index in [0.717, 1.165) is 16.7 Å². The van der Waals surface area contributed by atoms with Gasteiger partial charge in [-0.05, 0) is 43.5 Å². The molecule has 0 bridgehead atoms. The van der Waals surface area contributed by atoms with Gasteiger partial charge in [0.05, 0.1) is 4.92 Å². The second-order valence-corrected chi connectivity index (χ2v) is 5.19. The molecule has 0 aromatic heterocycles. The molecule has 0 aliphatic carbocycles. The summed E-state index contributed by atoms with van der Waals surface area (Å²) in [6.07, 6.45) is 0. The first-order valence-electron chi connectivity index (χ1n) is 6.66. The second-order valence-electron chi connectivity index (χ2n) is 5.19. The third-order valence-electron chi connectivity index (χ3n) is 3.45. The van der Waals surface area contributed by atoms with E-state index in [9.17, 15) is 15.2 Å². The summed E-state index contributed by atoms with van der Waals surface area (Å²) < 4.78 is 0. The van der Waals surface area contributed by atoms with Crippen LogP contribution in [-0.2, 0) is 6.54 Å². The van der Waals surface area contributed by atoms with Crippen molar-refractivity contribution in [2.75, 3.05) is 5.32 Å². The van der Waals surface area contributed by atoms with E-state index in [1.165, 1.54) is 6.07 Å². The van der Waals surface area contributed by atoms with E-state index >= 15 is 0 Å². The first kappa shape index (κ1) is 14.8. The average molecular weight is 286 g/mol. The highest BCUT2D eigenvalue weighted by Gasteiger charge is 2.11. The molecule has 5 heteroatoms. The average Bonchev–Trinajstić information content (AvgIpc) is 2.43. The molecule has 0 atom stereocenters. The molecule has 0 amide bonds. The fraction of sp³-hybridized carbons (Fsp3) is 0.250. The number of phenolic OH excluding ortho intramolecular Hbond substituents is 1. The van der Waals surface area contributed by atoms with Crippen LogP contribution in [0.2, 0.25) is 0 Å². The number of nitro benzene ring substituents is 1. The van der Waals surface area contributed by atoms with Crippen molar-refractivity contribution in [3.05, 3.63) is 62.7 Å². The van der Waals surface area contributed by atoms with Crippen LogP contribution >= 0.6 is 0 Å². The van der Waals surface area contributed by atoms with Gasteiger partial charge in [0.2, 0.25) is 0 Å². The van der Waals surface area contributed by atoms with E-state index in [1.807, 2.05) is 32.0 Å². The van der Waals surface area contributed by atoms with E-state index in [0.29, 0.717) is 23.5 Å². The number of nitrogens with zero attached hydrogens (tertiary/aromatic N) is 1. The van der Waals surface area contributed by atoms with Crippen LogP contribution in [0.25, 0.3) is 0 Å². The van der Waals surface area contributed by atoms with Gasteiger partial charge in [-0.1, -0.05) is 18.2 Å². The number of rotatable bonds is 4. The fourth-order valence-corrected chi connectivity index (χ4v) is 2.27.